The van der Waals surface area contributed by atoms with Crippen molar-refractivity contribution in [2.75, 3.05) is 7.11 Å². The van der Waals surface area contributed by atoms with Crippen molar-refractivity contribution in [2.24, 2.45) is 5.92 Å². The monoisotopic (exact) mass is 635 g/mol. The number of carbonyl (C=O) groups excluding carboxylic acids is 1. The van der Waals surface area contributed by atoms with Gasteiger partial charge in [-0.25, -0.2) is 4.79 Å². The van der Waals surface area contributed by atoms with Crippen LogP contribution in [0.4, 0.5) is 0 Å². The fraction of sp³-hybridized carbons (Fsp3) is 0.622. The highest BCUT2D eigenvalue weighted by atomic mass is 28.4. The molecule has 8 heteroatoms. The molecule has 2 aromatic rings. The van der Waals surface area contributed by atoms with Crippen LogP contribution in [0.25, 0.3) is 0 Å². The van der Waals surface area contributed by atoms with Crippen LogP contribution >= 0.6 is 0 Å². The van der Waals surface area contributed by atoms with E-state index in [9.17, 15) is 10.1 Å². The normalized spacial score (nSPS) is 26.6. The van der Waals surface area contributed by atoms with Crippen LogP contribution < -0.4 is 10.4 Å². The van der Waals surface area contributed by atoms with Gasteiger partial charge in [-0.3, -0.25) is 0 Å². The van der Waals surface area contributed by atoms with Crippen LogP contribution in [0.3, 0.4) is 0 Å². The summed E-state index contributed by atoms with van der Waals surface area (Å²) in [7, 11) is -1.04. The molecule has 2 aliphatic heterocycles. The predicted molar refractivity (Wildman–Crippen MR) is 179 cm³/mol. The second kappa shape index (κ2) is 15.8. The van der Waals surface area contributed by atoms with Gasteiger partial charge in [0.15, 0.2) is 6.10 Å². The van der Waals surface area contributed by atoms with Crippen molar-refractivity contribution in [3.8, 4) is 6.07 Å². The van der Waals surface area contributed by atoms with Gasteiger partial charge >= 0.3 is 5.97 Å². The van der Waals surface area contributed by atoms with Crippen molar-refractivity contribution < 1.29 is 28.2 Å². The summed E-state index contributed by atoms with van der Waals surface area (Å²) in [4.78, 5) is 12.6. The Labute approximate surface area is 271 Å². The number of methoxy groups -OCH3 is 1. The summed E-state index contributed by atoms with van der Waals surface area (Å²) in [5, 5.41) is 12.0. The minimum Gasteiger partial charge on any atom is -0.461 e. The Morgan fingerprint density at radius 1 is 0.956 bits per heavy atom. The van der Waals surface area contributed by atoms with E-state index in [4.69, 9.17) is 23.4 Å². The van der Waals surface area contributed by atoms with Crippen LogP contribution in [0.5, 0.6) is 0 Å². The Morgan fingerprint density at radius 2 is 1.56 bits per heavy atom. The first kappa shape index (κ1) is 35.3. The van der Waals surface area contributed by atoms with Gasteiger partial charge in [-0.2, -0.15) is 5.26 Å². The molecule has 2 saturated heterocycles. The Morgan fingerprint density at radius 3 is 2.09 bits per heavy atom. The van der Waals surface area contributed by atoms with Crippen LogP contribution in [0.2, 0.25) is 5.04 Å². The molecule has 4 rings (SSSR count). The van der Waals surface area contributed by atoms with Crippen molar-refractivity contribution in [1.29, 1.82) is 5.26 Å². The molecule has 45 heavy (non-hydrogen) atoms. The van der Waals surface area contributed by atoms with Gasteiger partial charge in [0.25, 0.3) is 8.32 Å². The van der Waals surface area contributed by atoms with E-state index in [0.717, 1.165) is 12.8 Å². The van der Waals surface area contributed by atoms with Gasteiger partial charge in [0.2, 0.25) is 0 Å². The Bertz CT molecular complexity index is 1200. The maximum absolute atomic E-state index is 12.6. The van der Waals surface area contributed by atoms with Crippen molar-refractivity contribution in [2.45, 2.75) is 134 Å². The molecule has 246 valence electrons. The minimum atomic E-state index is -2.78. The molecule has 0 N–H and O–H groups in total. The van der Waals surface area contributed by atoms with Crippen LogP contribution in [0, 0.1) is 17.2 Å². The summed E-state index contributed by atoms with van der Waals surface area (Å²) in [6.45, 7) is 12.8. The number of hydrogen-bond donors (Lipinski definition) is 0. The third-order valence-electron chi connectivity index (χ3n) is 9.34. The summed E-state index contributed by atoms with van der Waals surface area (Å²) >= 11 is 0. The lowest BCUT2D eigenvalue weighted by Crippen LogP contribution is -2.68. The summed E-state index contributed by atoms with van der Waals surface area (Å²) in [5.74, 6) is 0.0183. The average Bonchev–Trinajstić information content (AvgIpc) is 3.00. The number of rotatable bonds is 12. The molecule has 0 bridgehead atoms. The second-order valence-corrected chi connectivity index (χ2v) is 18.4. The van der Waals surface area contributed by atoms with Gasteiger partial charge in [-0.05, 0) is 67.3 Å². The third kappa shape index (κ3) is 8.84. The van der Waals surface area contributed by atoms with Crippen LogP contribution in [0.1, 0.15) is 86.5 Å². The molecule has 2 aliphatic rings. The number of nitriles is 1. The molecular formula is C37H53NO6Si. The highest BCUT2D eigenvalue weighted by Crippen LogP contribution is 2.40. The number of nitrogens with zero attached hydrogens (tertiary/aromatic N) is 1. The summed E-state index contributed by atoms with van der Waals surface area (Å²) in [6.07, 6.45) is 3.22. The van der Waals surface area contributed by atoms with Gasteiger partial charge in [0.05, 0.1) is 49.1 Å². The van der Waals surface area contributed by atoms with E-state index in [0.29, 0.717) is 38.0 Å². The first-order valence-electron chi connectivity index (χ1n) is 16.7. The first-order chi connectivity index (χ1) is 21.5. The molecule has 0 aromatic heterocycles. The molecule has 0 amide bonds. The topological polar surface area (TPSA) is 87.0 Å². The lowest BCUT2D eigenvalue weighted by molar-refractivity contribution is -0.176. The average molecular weight is 636 g/mol. The van der Waals surface area contributed by atoms with E-state index in [1.165, 1.54) is 10.4 Å². The summed E-state index contributed by atoms with van der Waals surface area (Å²) < 4.78 is 31.8. The number of benzene rings is 2. The van der Waals surface area contributed by atoms with E-state index in [1.54, 1.807) is 7.11 Å². The smallest absolute Gasteiger partial charge is 0.335 e. The van der Waals surface area contributed by atoms with Gasteiger partial charge in [0, 0.05) is 13.5 Å². The van der Waals surface area contributed by atoms with Crippen LogP contribution in [-0.2, 0) is 28.2 Å². The van der Waals surface area contributed by atoms with E-state index < -0.39 is 14.4 Å². The molecule has 0 saturated carbocycles. The molecule has 7 nitrogen and oxygen atoms in total. The highest BCUT2D eigenvalue weighted by molar-refractivity contribution is 6.99. The largest absolute Gasteiger partial charge is 0.461 e. The molecule has 0 spiro atoms. The Balaban J connectivity index is 1.55. The molecule has 0 unspecified atom stereocenters. The molecule has 0 radical (unpaired) electrons. The van der Waals surface area contributed by atoms with Crippen molar-refractivity contribution >= 4 is 24.7 Å². The lowest BCUT2D eigenvalue weighted by atomic mass is 9.88. The lowest BCUT2D eigenvalue weighted by Gasteiger charge is -2.47. The van der Waals surface area contributed by atoms with Crippen molar-refractivity contribution in [1.82, 2.24) is 0 Å². The summed E-state index contributed by atoms with van der Waals surface area (Å²) in [6, 6.07) is 23.7. The minimum absolute atomic E-state index is 0.0778. The Kier molecular flexibility index (Phi) is 12.4. The molecule has 2 aromatic carbocycles. The number of esters is 1. The summed E-state index contributed by atoms with van der Waals surface area (Å²) in [5.41, 5.74) is 0. The zero-order valence-electron chi connectivity index (χ0n) is 28.2. The quantitative estimate of drug-likeness (QED) is 0.199. The van der Waals surface area contributed by atoms with E-state index >= 15 is 0 Å². The van der Waals surface area contributed by atoms with Crippen LogP contribution in [-0.4, -0.2) is 64.1 Å². The molecule has 7 atom stereocenters. The van der Waals surface area contributed by atoms with Crippen LogP contribution in [0.15, 0.2) is 60.7 Å². The fourth-order valence-corrected chi connectivity index (χ4v) is 11.8. The van der Waals surface area contributed by atoms with Gasteiger partial charge in [0.1, 0.15) is 0 Å². The predicted octanol–water partition coefficient (Wildman–Crippen LogP) is 6.32. The van der Waals surface area contributed by atoms with Gasteiger partial charge < -0.3 is 23.4 Å². The standard InChI is InChI=1S/C37H53NO6Si/c1-26(2)41-36(39)34-19-18-27(3)35(43-34)25-29(40-7)23-30-24-31(22-28(42-30)20-21-38)44-45(37(4,5)6,32-14-10-8-11-15-32)33-16-12-9-13-17-33/h8-17,26-31,34-35H,18-20,22-25H2,1-7H3/t27-,28-,29-,30+,31-,34-,35+/m0/s1. The number of carbonyl (C=O) groups is 1. The number of hydrogen-bond acceptors (Lipinski definition) is 7. The first-order valence-corrected chi connectivity index (χ1v) is 18.6. The SMILES string of the molecule is CO[C@@H](C[C@@H]1C[C@@H](O[Si](c2ccccc2)(c2ccccc2)C(C)(C)C)C[C@H](CC#N)O1)C[C@H]1O[C@H](C(=O)OC(C)C)CC[C@@H]1C. The highest BCUT2D eigenvalue weighted by Gasteiger charge is 2.52. The zero-order valence-corrected chi connectivity index (χ0v) is 29.2. The number of ether oxygens (including phenoxy) is 4. The van der Waals surface area contributed by atoms with E-state index in [2.05, 4.69) is 94.4 Å². The second-order valence-electron chi connectivity index (χ2n) is 14.1. The molecule has 2 heterocycles. The molecule has 2 fully saturated rings. The maximum Gasteiger partial charge on any atom is 0.335 e. The van der Waals surface area contributed by atoms with Gasteiger partial charge in [-0.1, -0.05) is 88.4 Å². The zero-order chi connectivity index (χ0) is 32.6. The van der Waals surface area contributed by atoms with E-state index in [1.807, 2.05) is 13.8 Å². The fourth-order valence-electron chi connectivity index (χ4n) is 7.11. The van der Waals surface area contributed by atoms with Gasteiger partial charge in [-0.15, -0.1) is 0 Å². The van der Waals surface area contributed by atoms with Crippen molar-refractivity contribution in [3.05, 3.63) is 60.7 Å². The Hall–Kier alpha value is -2.54. The van der Waals surface area contributed by atoms with Crippen molar-refractivity contribution in [3.63, 3.8) is 0 Å². The van der Waals surface area contributed by atoms with E-state index in [-0.39, 0.29) is 47.6 Å². The maximum atomic E-state index is 12.6. The molecular weight excluding hydrogens is 582 g/mol. The third-order valence-corrected chi connectivity index (χ3v) is 14.4. The molecule has 0 aliphatic carbocycles.